The lowest BCUT2D eigenvalue weighted by Gasteiger charge is -2.25. The summed E-state index contributed by atoms with van der Waals surface area (Å²) in [5.74, 6) is -0.461. The molecular weight excluding hydrogens is 362 g/mol. The average molecular weight is 388 g/mol. The molecular formula is C20H25N3O3S. The molecule has 144 valence electrons. The normalized spacial score (nSPS) is 17.7. The van der Waals surface area contributed by atoms with E-state index in [9.17, 15) is 13.2 Å². The van der Waals surface area contributed by atoms with Crippen LogP contribution in [0.15, 0.2) is 47.4 Å². The van der Waals surface area contributed by atoms with E-state index in [1.807, 2.05) is 50.2 Å². The summed E-state index contributed by atoms with van der Waals surface area (Å²) in [4.78, 5) is 13.9. The molecule has 27 heavy (non-hydrogen) atoms. The van der Waals surface area contributed by atoms with Gasteiger partial charge in [0.2, 0.25) is 15.9 Å². The maximum atomic E-state index is 12.8. The molecule has 3 rings (SSSR count). The lowest BCUT2D eigenvalue weighted by atomic mass is 10.0. The molecule has 0 aliphatic carbocycles. The van der Waals surface area contributed by atoms with Crippen molar-refractivity contribution < 1.29 is 13.2 Å². The molecule has 0 radical (unpaired) electrons. The van der Waals surface area contributed by atoms with Crippen LogP contribution in [0.1, 0.15) is 35.6 Å². The fourth-order valence-electron chi connectivity index (χ4n) is 3.22. The number of carbonyl (C=O) groups excluding carboxylic acids is 1. The van der Waals surface area contributed by atoms with Crippen LogP contribution in [0.25, 0.3) is 0 Å². The summed E-state index contributed by atoms with van der Waals surface area (Å²) in [6, 6.07) is 12.7. The molecule has 0 fully saturated rings. The highest BCUT2D eigenvalue weighted by molar-refractivity contribution is 7.89. The number of fused-ring (bicyclic) bond motifs is 1. The number of nitrogens with one attached hydrogen (secondary N) is 2. The Morgan fingerprint density at radius 1 is 1.15 bits per heavy atom. The van der Waals surface area contributed by atoms with Crippen LogP contribution in [0.2, 0.25) is 0 Å². The van der Waals surface area contributed by atoms with E-state index in [2.05, 4.69) is 10.0 Å². The lowest BCUT2D eigenvalue weighted by molar-refractivity contribution is -0.116. The van der Waals surface area contributed by atoms with Crippen LogP contribution in [0.4, 0.5) is 5.69 Å². The first-order valence-corrected chi connectivity index (χ1v) is 10.3. The minimum absolute atomic E-state index is 0.0861. The first kappa shape index (κ1) is 19.5. The van der Waals surface area contributed by atoms with Gasteiger partial charge >= 0.3 is 0 Å². The van der Waals surface area contributed by atoms with Gasteiger partial charge in [-0.05, 0) is 57.3 Å². The Labute approximate surface area is 160 Å². The van der Waals surface area contributed by atoms with E-state index in [0.717, 1.165) is 11.1 Å². The van der Waals surface area contributed by atoms with Crippen molar-refractivity contribution in [3.8, 4) is 0 Å². The number of aryl methyl sites for hydroxylation is 1. The molecule has 0 saturated heterocycles. The number of hydrogen-bond donors (Lipinski definition) is 2. The van der Waals surface area contributed by atoms with Crippen molar-refractivity contribution in [2.24, 2.45) is 0 Å². The third kappa shape index (κ3) is 4.05. The highest BCUT2D eigenvalue weighted by atomic mass is 32.2. The summed E-state index contributed by atoms with van der Waals surface area (Å²) in [5, 5.41) is 2.76. The summed E-state index contributed by atoms with van der Waals surface area (Å²) in [6.07, 6.45) is 0. The van der Waals surface area contributed by atoms with Crippen molar-refractivity contribution in [1.82, 2.24) is 9.62 Å². The largest absolute Gasteiger partial charge is 0.325 e. The van der Waals surface area contributed by atoms with E-state index in [1.54, 1.807) is 19.1 Å². The number of carbonyl (C=O) groups is 1. The Hall–Kier alpha value is -2.22. The van der Waals surface area contributed by atoms with Gasteiger partial charge in [0.25, 0.3) is 0 Å². The molecule has 2 aromatic carbocycles. The van der Waals surface area contributed by atoms with Gasteiger partial charge in [-0.15, -0.1) is 0 Å². The van der Waals surface area contributed by atoms with E-state index < -0.39 is 10.0 Å². The molecule has 2 atom stereocenters. The molecule has 0 unspecified atom stereocenters. The zero-order valence-corrected chi connectivity index (χ0v) is 16.8. The van der Waals surface area contributed by atoms with Gasteiger partial charge < -0.3 is 10.2 Å². The number of amides is 1. The fraction of sp³-hybridized carbons (Fsp3) is 0.350. The molecule has 1 heterocycles. The number of sulfonamides is 1. The van der Waals surface area contributed by atoms with Gasteiger partial charge in [-0.1, -0.05) is 29.8 Å². The monoisotopic (exact) mass is 387 g/mol. The fourth-order valence-corrected chi connectivity index (χ4v) is 4.29. The smallest absolute Gasteiger partial charge is 0.240 e. The van der Waals surface area contributed by atoms with Crippen molar-refractivity contribution in [2.75, 3.05) is 26.0 Å². The van der Waals surface area contributed by atoms with Gasteiger partial charge in [0, 0.05) is 18.3 Å². The predicted molar refractivity (Wildman–Crippen MR) is 106 cm³/mol. The Morgan fingerprint density at radius 2 is 1.81 bits per heavy atom. The molecule has 1 amide bonds. The van der Waals surface area contributed by atoms with Crippen LogP contribution in [-0.4, -0.2) is 39.9 Å². The summed E-state index contributed by atoms with van der Waals surface area (Å²) < 4.78 is 28.3. The molecule has 2 N–H and O–H groups in total. The zero-order chi connectivity index (χ0) is 19.8. The van der Waals surface area contributed by atoms with Crippen molar-refractivity contribution in [3.05, 3.63) is 59.2 Å². The average Bonchev–Trinajstić information content (AvgIpc) is 2.90. The zero-order valence-electron chi connectivity index (χ0n) is 16.0. The Bertz CT molecular complexity index is 953. The third-order valence-corrected chi connectivity index (χ3v) is 6.42. The number of likely N-dealkylation sites (N-methyl/N-ethyl adjacent to an activating group) is 1. The molecule has 0 spiro atoms. The second kappa shape index (κ2) is 7.42. The van der Waals surface area contributed by atoms with Crippen LogP contribution in [-0.2, 0) is 14.8 Å². The third-order valence-electron chi connectivity index (χ3n) is 5.00. The first-order chi connectivity index (χ1) is 12.7. The topological polar surface area (TPSA) is 78.5 Å². The van der Waals surface area contributed by atoms with E-state index in [0.29, 0.717) is 11.3 Å². The first-order valence-electron chi connectivity index (χ1n) is 8.86. The summed E-state index contributed by atoms with van der Waals surface area (Å²) >= 11 is 0. The molecule has 2 aromatic rings. The highest BCUT2D eigenvalue weighted by Gasteiger charge is 2.28. The number of anilines is 1. The van der Waals surface area contributed by atoms with Gasteiger partial charge in [0.15, 0.2) is 0 Å². The molecule has 0 bridgehead atoms. The Kier molecular flexibility index (Phi) is 5.37. The van der Waals surface area contributed by atoms with Crippen molar-refractivity contribution >= 4 is 21.6 Å². The molecule has 1 aliphatic heterocycles. The number of rotatable bonds is 6. The highest BCUT2D eigenvalue weighted by Crippen LogP contribution is 2.33. The second-order valence-corrected chi connectivity index (χ2v) is 8.97. The van der Waals surface area contributed by atoms with Crippen molar-refractivity contribution in [3.63, 3.8) is 0 Å². The second-order valence-electron chi connectivity index (χ2n) is 7.20. The molecule has 6 nitrogen and oxygen atoms in total. The van der Waals surface area contributed by atoms with Crippen LogP contribution in [0.3, 0.4) is 0 Å². The van der Waals surface area contributed by atoms with Gasteiger partial charge in [0.1, 0.15) is 0 Å². The van der Waals surface area contributed by atoms with Gasteiger partial charge in [0.05, 0.1) is 10.8 Å². The van der Waals surface area contributed by atoms with Crippen LogP contribution in [0.5, 0.6) is 0 Å². The minimum atomic E-state index is -3.68. The van der Waals surface area contributed by atoms with Crippen molar-refractivity contribution in [2.45, 2.75) is 30.7 Å². The summed E-state index contributed by atoms with van der Waals surface area (Å²) in [7, 11) is 0.164. The molecule has 1 aliphatic rings. The Morgan fingerprint density at radius 3 is 2.44 bits per heavy atom. The summed E-state index contributed by atoms with van der Waals surface area (Å²) in [5.41, 5.74) is 3.60. The maximum absolute atomic E-state index is 12.8. The van der Waals surface area contributed by atoms with Crippen LogP contribution >= 0.6 is 0 Å². The standard InChI is InChI=1S/C20H25N3O3S/c1-13-5-7-15(8-6-13)19(23(3)4)12-21-27(25,26)16-9-10-18-17(11-16)14(2)20(24)22-18/h5-11,14,19,21H,12H2,1-4H3,(H,22,24)/t14-,19-/m1/s1. The number of nitrogens with zero attached hydrogens (tertiary/aromatic N) is 1. The van der Waals surface area contributed by atoms with Crippen LogP contribution < -0.4 is 10.0 Å². The Balaban J connectivity index is 1.80. The van der Waals surface area contributed by atoms with Gasteiger partial charge in [-0.2, -0.15) is 0 Å². The quantitative estimate of drug-likeness (QED) is 0.799. The summed E-state index contributed by atoms with van der Waals surface area (Å²) in [6.45, 7) is 4.04. The molecule has 0 aromatic heterocycles. The lowest BCUT2D eigenvalue weighted by Crippen LogP contribution is -2.34. The maximum Gasteiger partial charge on any atom is 0.240 e. The van der Waals surface area contributed by atoms with E-state index >= 15 is 0 Å². The van der Waals surface area contributed by atoms with Gasteiger partial charge in [-0.25, -0.2) is 13.1 Å². The number of benzene rings is 2. The van der Waals surface area contributed by atoms with Crippen LogP contribution in [0, 0.1) is 6.92 Å². The minimum Gasteiger partial charge on any atom is -0.325 e. The van der Waals surface area contributed by atoms with E-state index in [4.69, 9.17) is 0 Å². The predicted octanol–water partition coefficient (Wildman–Crippen LogP) is 2.63. The van der Waals surface area contributed by atoms with Crippen molar-refractivity contribution in [1.29, 1.82) is 0 Å². The van der Waals surface area contributed by atoms with Gasteiger partial charge in [-0.3, -0.25) is 4.79 Å². The number of hydrogen-bond acceptors (Lipinski definition) is 4. The SMILES string of the molecule is Cc1ccc([C@@H](CNS(=O)(=O)c2ccc3c(c2)[C@@H](C)C(=O)N3)N(C)C)cc1. The van der Waals surface area contributed by atoms with E-state index in [-0.39, 0.29) is 29.3 Å². The molecule has 7 heteroatoms. The molecule has 0 saturated carbocycles. The van der Waals surface area contributed by atoms with E-state index in [1.165, 1.54) is 6.07 Å².